The highest BCUT2D eigenvalue weighted by Gasteiger charge is 2.38. The van der Waals surface area contributed by atoms with Crippen molar-refractivity contribution >= 4 is 17.3 Å². The summed E-state index contributed by atoms with van der Waals surface area (Å²) in [4.78, 5) is 15.8. The Morgan fingerprint density at radius 1 is 1.28 bits per heavy atom. The van der Waals surface area contributed by atoms with Gasteiger partial charge >= 0.3 is 12.1 Å². The van der Waals surface area contributed by atoms with Gasteiger partial charge in [0.05, 0.1) is 13.2 Å². The maximum Gasteiger partial charge on any atom is 0.490 e. The first-order valence-corrected chi connectivity index (χ1v) is 8.34. The van der Waals surface area contributed by atoms with Gasteiger partial charge < -0.3 is 9.84 Å². The van der Waals surface area contributed by atoms with Gasteiger partial charge in [0.1, 0.15) is 5.01 Å². The van der Waals surface area contributed by atoms with E-state index in [2.05, 4.69) is 34.1 Å². The van der Waals surface area contributed by atoms with Crippen LogP contribution in [0.2, 0.25) is 0 Å². The number of hydrogen-bond acceptors (Lipinski definition) is 5. The molecule has 0 spiro atoms. The second kappa shape index (κ2) is 8.93. The van der Waals surface area contributed by atoms with Crippen molar-refractivity contribution in [2.75, 3.05) is 26.3 Å². The number of thiazole rings is 1. The number of morpholine rings is 1. The van der Waals surface area contributed by atoms with Gasteiger partial charge in [-0.2, -0.15) is 13.2 Å². The van der Waals surface area contributed by atoms with Gasteiger partial charge in [0.25, 0.3) is 0 Å². The number of aromatic nitrogens is 1. The lowest BCUT2D eigenvalue weighted by Gasteiger charge is -2.27. The lowest BCUT2D eigenvalue weighted by Crippen LogP contribution is -2.35. The highest BCUT2D eigenvalue weighted by molar-refractivity contribution is 7.13. The normalized spacial score (nSPS) is 15.3. The number of ether oxygens (including phenoxy) is 1. The van der Waals surface area contributed by atoms with E-state index in [9.17, 15) is 13.2 Å². The minimum Gasteiger partial charge on any atom is -0.475 e. The van der Waals surface area contributed by atoms with Gasteiger partial charge in [0.15, 0.2) is 0 Å². The highest BCUT2D eigenvalue weighted by atomic mass is 32.1. The van der Waals surface area contributed by atoms with Crippen molar-refractivity contribution in [2.24, 2.45) is 0 Å². The number of carbonyl (C=O) groups is 1. The van der Waals surface area contributed by atoms with Gasteiger partial charge in [0, 0.05) is 36.8 Å². The van der Waals surface area contributed by atoms with Crippen LogP contribution in [0.15, 0.2) is 35.8 Å². The number of halogens is 3. The van der Waals surface area contributed by atoms with Gasteiger partial charge in [0.2, 0.25) is 0 Å². The largest absolute Gasteiger partial charge is 0.490 e. The SMILES string of the molecule is O=C(O)C(F)(F)F.c1ccc(-c2nccs2)c(CN2CCOCC2)c1. The van der Waals surface area contributed by atoms with Gasteiger partial charge in [-0.3, -0.25) is 4.90 Å². The Balaban J connectivity index is 0.000000277. The molecule has 9 heteroatoms. The van der Waals surface area contributed by atoms with Crippen LogP contribution in [-0.2, 0) is 16.1 Å². The molecule has 5 nitrogen and oxygen atoms in total. The smallest absolute Gasteiger partial charge is 0.475 e. The average molecular weight is 374 g/mol. The van der Waals surface area contributed by atoms with E-state index in [0.717, 1.165) is 37.9 Å². The quantitative estimate of drug-likeness (QED) is 0.893. The first kappa shape index (κ1) is 19.4. The first-order chi connectivity index (χ1) is 11.9. The van der Waals surface area contributed by atoms with Gasteiger partial charge in [-0.25, -0.2) is 9.78 Å². The molecule has 2 aromatic rings. The summed E-state index contributed by atoms with van der Waals surface area (Å²) in [5.74, 6) is -2.76. The zero-order valence-electron chi connectivity index (χ0n) is 13.2. The summed E-state index contributed by atoms with van der Waals surface area (Å²) in [6.45, 7) is 4.72. The van der Waals surface area contributed by atoms with Gasteiger partial charge in [-0.05, 0) is 5.56 Å². The lowest BCUT2D eigenvalue weighted by molar-refractivity contribution is -0.192. The van der Waals surface area contributed by atoms with E-state index in [1.165, 1.54) is 11.1 Å². The number of alkyl halides is 3. The summed E-state index contributed by atoms with van der Waals surface area (Å²) in [7, 11) is 0. The highest BCUT2D eigenvalue weighted by Crippen LogP contribution is 2.26. The van der Waals surface area contributed by atoms with Crippen LogP contribution < -0.4 is 0 Å². The van der Waals surface area contributed by atoms with Crippen molar-refractivity contribution in [1.82, 2.24) is 9.88 Å². The van der Waals surface area contributed by atoms with E-state index in [1.54, 1.807) is 11.3 Å². The van der Waals surface area contributed by atoms with Crippen LogP contribution in [0.25, 0.3) is 10.6 Å². The van der Waals surface area contributed by atoms with Crippen molar-refractivity contribution in [3.8, 4) is 10.6 Å². The topological polar surface area (TPSA) is 62.7 Å². The number of carboxylic acids is 1. The fourth-order valence-electron chi connectivity index (χ4n) is 2.22. The van der Waals surface area contributed by atoms with Crippen molar-refractivity contribution in [2.45, 2.75) is 12.7 Å². The molecule has 1 aromatic carbocycles. The molecule has 0 atom stereocenters. The Morgan fingerprint density at radius 3 is 2.48 bits per heavy atom. The minimum absolute atomic E-state index is 0.847. The molecule has 1 fully saturated rings. The van der Waals surface area contributed by atoms with E-state index >= 15 is 0 Å². The minimum atomic E-state index is -5.08. The third kappa shape index (κ3) is 6.11. The predicted molar refractivity (Wildman–Crippen MR) is 87.3 cm³/mol. The zero-order valence-corrected chi connectivity index (χ0v) is 14.0. The maximum absolute atomic E-state index is 10.6. The fraction of sp³-hybridized carbons (Fsp3) is 0.375. The molecule has 1 aliphatic heterocycles. The van der Waals surface area contributed by atoms with Crippen LogP contribution in [-0.4, -0.2) is 53.4 Å². The van der Waals surface area contributed by atoms with Crippen molar-refractivity contribution < 1.29 is 27.8 Å². The molecule has 1 aromatic heterocycles. The van der Waals surface area contributed by atoms with Gasteiger partial charge in [-0.15, -0.1) is 11.3 Å². The molecule has 1 saturated heterocycles. The molecular weight excluding hydrogens is 357 g/mol. The molecule has 2 heterocycles. The second-order valence-corrected chi connectivity index (χ2v) is 6.08. The van der Waals surface area contributed by atoms with Crippen LogP contribution >= 0.6 is 11.3 Å². The van der Waals surface area contributed by atoms with E-state index < -0.39 is 12.1 Å². The fourth-order valence-corrected chi connectivity index (χ4v) is 2.92. The summed E-state index contributed by atoms with van der Waals surface area (Å²) < 4.78 is 37.1. The van der Waals surface area contributed by atoms with E-state index in [0.29, 0.717) is 0 Å². The first-order valence-electron chi connectivity index (χ1n) is 7.46. The summed E-state index contributed by atoms with van der Waals surface area (Å²) in [5, 5.41) is 10.3. The summed E-state index contributed by atoms with van der Waals surface area (Å²) in [6, 6.07) is 8.55. The lowest BCUT2D eigenvalue weighted by atomic mass is 10.1. The Kier molecular flexibility index (Phi) is 6.91. The van der Waals surface area contributed by atoms with E-state index in [1.807, 2.05) is 11.6 Å². The molecule has 1 aliphatic rings. The zero-order chi connectivity index (χ0) is 18.3. The molecule has 1 N–H and O–H groups in total. The molecule has 0 amide bonds. The molecule has 0 saturated carbocycles. The Hall–Kier alpha value is -1.97. The molecule has 136 valence electrons. The molecular formula is C16H17F3N2O3S. The number of aliphatic carboxylic acids is 1. The summed E-state index contributed by atoms with van der Waals surface area (Å²) in [5.41, 5.74) is 2.62. The third-order valence-corrected chi connectivity index (χ3v) is 4.23. The molecule has 0 radical (unpaired) electrons. The molecule has 0 bridgehead atoms. The second-order valence-electron chi connectivity index (χ2n) is 5.19. The van der Waals surface area contributed by atoms with Crippen molar-refractivity contribution in [1.29, 1.82) is 0 Å². The van der Waals surface area contributed by atoms with Crippen molar-refractivity contribution in [3.63, 3.8) is 0 Å². The van der Waals surface area contributed by atoms with E-state index in [4.69, 9.17) is 14.6 Å². The monoisotopic (exact) mass is 374 g/mol. The predicted octanol–water partition coefficient (Wildman–Crippen LogP) is 3.28. The molecule has 0 unspecified atom stereocenters. The Bertz CT molecular complexity index is 672. The summed E-state index contributed by atoms with van der Waals surface area (Å²) >= 11 is 1.70. The number of nitrogens with zero attached hydrogens (tertiary/aromatic N) is 2. The number of hydrogen-bond donors (Lipinski definition) is 1. The third-order valence-electron chi connectivity index (χ3n) is 3.42. The molecule has 25 heavy (non-hydrogen) atoms. The van der Waals surface area contributed by atoms with E-state index in [-0.39, 0.29) is 0 Å². The van der Waals surface area contributed by atoms with Crippen LogP contribution in [0.1, 0.15) is 5.56 Å². The van der Waals surface area contributed by atoms with Gasteiger partial charge in [-0.1, -0.05) is 24.3 Å². The summed E-state index contributed by atoms with van der Waals surface area (Å²) in [6.07, 6.45) is -3.22. The number of benzene rings is 1. The number of rotatable bonds is 3. The van der Waals surface area contributed by atoms with Crippen LogP contribution in [0.5, 0.6) is 0 Å². The standard InChI is InChI=1S/C14H16N2OS.C2HF3O2/c1-2-4-13(14-15-5-10-18-14)12(3-1)11-16-6-8-17-9-7-16;3-2(4,5)1(6)7/h1-5,10H,6-9,11H2;(H,6,7). The Labute approximate surface area is 146 Å². The molecule has 0 aliphatic carbocycles. The number of carboxylic acid groups (broad SMARTS) is 1. The Morgan fingerprint density at radius 2 is 1.92 bits per heavy atom. The van der Waals surface area contributed by atoms with Crippen LogP contribution in [0.3, 0.4) is 0 Å². The maximum atomic E-state index is 10.6. The van der Waals surface area contributed by atoms with Crippen molar-refractivity contribution in [3.05, 3.63) is 41.4 Å². The average Bonchev–Trinajstić information content (AvgIpc) is 3.10. The van der Waals surface area contributed by atoms with Crippen LogP contribution in [0.4, 0.5) is 13.2 Å². The van der Waals surface area contributed by atoms with Crippen LogP contribution in [0, 0.1) is 0 Å². The molecule has 3 rings (SSSR count).